The van der Waals surface area contributed by atoms with Gasteiger partial charge in [-0.15, -0.1) is 0 Å². The normalized spacial score (nSPS) is 22.7. The van der Waals surface area contributed by atoms with Crippen LogP contribution in [-0.2, 0) is 14.8 Å². The van der Waals surface area contributed by atoms with Gasteiger partial charge in [0.25, 0.3) is 0 Å². The third-order valence-corrected chi connectivity index (χ3v) is 6.20. The first-order valence-electron chi connectivity index (χ1n) is 6.21. The van der Waals surface area contributed by atoms with Crippen molar-refractivity contribution in [3.8, 4) is 6.07 Å². The highest BCUT2D eigenvalue weighted by Crippen LogP contribution is 2.32. The summed E-state index contributed by atoms with van der Waals surface area (Å²) in [5.41, 5.74) is -0.297. The second-order valence-corrected chi connectivity index (χ2v) is 7.27. The molecule has 1 aromatic carbocycles. The topological polar surface area (TPSA) is 96.2 Å². The van der Waals surface area contributed by atoms with Crippen LogP contribution in [0.2, 0.25) is 0 Å². The Morgan fingerprint density at radius 1 is 1.48 bits per heavy atom. The number of hydrogen-bond donors (Lipinski definition) is 0. The molecule has 0 N–H and O–H groups in total. The van der Waals surface area contributed by atoms with Crippen LogP contribution in [0.25, 0.3) is 11.0 Å². The predicted octanol–water partition coefficient (Wildman–Crippen LogP) is 0.994. The standard InChI is InChI=1S/C12H12N4O3S2/c1-16(12(7-13)5-6-19-8-12)21(17,18)10-4-2-3-9-11(10)15-20-14-9/h2-4H,5-6,8H2,1H3/t12-/m1/s1. The molecule has 21 heavy (non-hydrogen) atoms. The van der Waals surface area contributed by atoms with E-state index in [1.807, 2.05) is 0 Å². The molecule has 1 fully saturated rings. The molecule has 0 amide bonds. The lowest BCUT2D eigenvalue weighted by Crippen LogP contribution is -2.49. The molecule has 3 rings (SSSR count). The van der Waals surface area contributed by atoms with Crippen LogP contribution in [0.4, 0.5) is 0 Å². The van der Waals surface area contributed by atoms with Crippen LogP contribution in [0.1, 0.15) is 6.42 Å². The van der Waals surface area contributed by atoms with E-state index in [4.69, 9.17) is 4.74 Å². The Kier molecular flexibility index (Phi) is 3.41. The number of nitrogens with zero attached hydrogens (tertiary/aromatic N) is 4. The van der Waals surface area contributed by atoms with Crippen molar-refractivity contribution in [1.29, 1.82) is 5.26 Å². The highest BCUT2D eigenvalue weighted by atomic mass is 32.2. The summed E-state index contributed by atoms with van der Waals surface area (Å²) in [5, 5.41) is 9.41. The maximum absolute atomic E-state index is 12.9. The third-order valence-electron chi connectivity index (χ3n) is 3.70. The summed E-state index contributed by atoms with van der Waals surface area (Å²) in [6.45, 7) is 0.445. The van der Waals surface area contributed by atoms with Crippen LogP contribution in [0.3, 0.4) is 0 Å². The molecule has 2 heterocycles. The molecule has 0 aliphatic carbocycles. The van der Waals surface area contributed by atoms with Crippen LogP contribution in [0.15, 0.2) is 23.1 Å². The second kappa shape index (κ2) is 4.99. The van der Waals surface area contributed by atoms with Gasteiger partial charge >= 0.3 is 0 Å². The first-order chi connectivity index (χ1) is 10.0. The molecule has 1 aliphatic rings. The molecular formula is C12H12N4O3S2. The number of benzene rings is 1. The van der Waals surface area contributed by atoms with E-state index in [1.54, 1.807) is 12.1 Å². The zero-order valence-corrected chi connectivity index (χ0v) is 12.8. The molecular weight excluding hydrogens is 312 g/mol. The van der Waals surface area contributed by atoms with Gasteiger partial charge in [-0.1, -0.05) is 6.07 Å². The molecule has 0 bridgehead atoms. The van der Waals surface area contributed by atoms with Crippen LogP contribution >= 0.6 is 11.7 Å². The fourth-order valence-electron chi connectivity index (χ4n) is 2.33. The Bertz CT molecular complexity index is 818. The first kappa shape index (κ1) is 14.3. The van der Waals surface area contributed by atoms with E-state index in [0.29, 0.717) is 24.1 Å². The molecule has 7 nitrogen and oxygen atoms in total. The molecule has 1 aromatic heterocycles. The molecule has 0 radical (unpaired) electrons. The van der Waals surface area contributed by atoms with Gasteiger partial charge in [-0.05, 0) is 12.1 Å². The van der Waals surface area contributed by atoms with Gasteiger partial charge in [0.05, 0.1) is 24.4 Å². The number of sulfonamides is 1. The maximum atomic E-state index is 12.9. The largest absolute Gasteiger partial charge is 0.378 e. The van der Waals surface area contributed by atoms with Crippen molar-refractivity contribution in [3.05, 3.63) is 18.2 Å². The van der Waals surface area contributed by atoms with E-state index >= 15 is 0 Å². The second-order valence-electron chi connectivity index (χ2n) is 4.81. The Balaban J connectivity index is 2.13. The van der Waals surface area contributed by atoms with Crippen molar-refractivity contribution in [3.63, 3.8) is 0 Å². The van der Waals surface area contributed by atoms with Crippen molar-refractivity contribution >= 4 is 32.8 Å². The SMILES string of the molecule is CN([C@@]1(C#N)CCOC1)S(=O)(=O)c1cccc2nsnc12. The number of hydrogen-bond acceptors (Lipinski definition) is 7. The predicted molar refractivity (Wildman–Crippen MR) is 76.1 cm³/mol. The van der Waals surface area contributed by atoms with Gasteiger partial charge in [-0.2, -0.15) is 18.3 Å². The minimum atomic E-state index is -3.85. The summed E-state index contributed by atoms with van der Waals surface area (Å²) in [7, 11) is -2.45. The van der Waals surface area contributed by atoms with E-state index < -0.39 is 15.6 Å². The smallest absolute Gasteiger partial charge is 0.246 e. The van der Waals surface area contributed by atoms with Gasteiger partial charge in [0.15, 0.2) is 0 Å². The molecule has 1 aliphatic heterocycles. The van der Waals surface area contributed by atoms with Crippen molar-refractivity contribution in [2.75, 3.05) is 20.3 Å². The quantitative estimate of drug-likeness (QED) is 0.835. The molecule has 110 valence electrons. The third kappa shape index (κ3) is 2.11. The minimum Gasteiger partial charge on any atom is -0.378 e. The highest BCUT2D eigenvalue weighted by Gasteiger charge is 2.45. The Hall–Kier alpha value is -1.60. The number of likely N-dealkylation sites (N-methyl/N-ethyl adjacent to an activating group) is 1. The van der Waals surface area contributed by atoms with Gasteiger partial charge in [0, 0.05) is 20.1 Å². The summed E-state index contributed by atoms with van der Waals surface area (Å²) in [6.07, 6.45) is 0.352. The number of rotatable bonds is 3. The summed E-state index contributed by atoms with van der Waals surface area (Å²) in [5.74, 6) is 0. The molecule has 0 spiro atoms. The number of ether oxygens (including phenoxy) is 1. The zero-order chi connectivity index (χ0) is 15.1. The van der Waals surface area contributed by atoms with E-state index in [2.05, 4.69) is 14.8 Å². The molecule has 1 atom stereocenters. The average molecular weight is 324 g/mol. The summed E-state index contributed by atoms with van der Waals surface area (Å²) >= 11 is 0.959. The van der Waals surface area contributed by atoms with Gasteiger partial charge in [-0.25, -0.2) is 8.42 Å². The molecule has 1 saturated heterocycles. The van der Waals surface area contributed by atoms with Gasteiger partial charge in [0.1, 0.15) is 21.5 Å². The van der Waals surface area contributed by atoms with E-state index in [1.165, 1.54) is 13.1 Å². The molecule has 0 saturated carbocycles. The van der Waals surface area contributed by atoms with Crippen LogP contribution < -0.4 is 0 Å². The highest BCUT2D eigenvalue weighted by molar-refractivity contribution is 7.89. The minimum absolute atomic E-state index is 0.0674. The van der Waals surface area contributed by atoms with Gasteiger partial charge < -0.3 is 4.74 Å². The van der Waals surface area contributed by atoms with E-state index in [9.17, 15) is 13.7 Å². The Labute approximate surface area is 126 Å². The van der Waals surface area contributed by atoms with Gasteiger partial charge in [-0.3, -0.25) is 0 Å². The van der Waals surface area contributed by atoms with Crippen molar-refractivity contribution in [2.24, 2.45) is 0 Å². The molecule has 2 aromatic rings. The van der Waals surface area contributed by atoms with Gasteiger partial charge in [0.2, 0.25) is 10.0 Å². The fraction of sp³-hybridized carbons (Fsp3) is 0.417. The zero-order valence-electron chi connectivity index (χ0n) is 11.2. The van der Waals surface area contributed by atoms with Crippen molar-refractivity contribution in [1.82, 2.24) is 13.1 Å². The number of aromatic nitrogens is 2. The van der Waals surface area contributed by atoms with Crippen molar-refractivity contribution in [2.45, 2.75) is 16.9 Å². The lowest BCUT2D eigenvalue weighted by molar-refractivity contribution is 0.163. The van der Waals surface area contributed by atoms with Crippen LogP contribution in [0, 0.1) is 11.3 Å². The summed E-state index contributed by atoms with van der Waals surface area (Å²) in [4.78, 5) is 0.0674. The van der Waals surface area contributed by atoms with Crippen LogP contribution in [-0.4, -0.2) is 47.3 Å². The molecule has 9 heteroatoms. The average Bonchev–Trinajstić information content (AvgIpc) is 3.15. The Morgan fingerprint density at radius 2 is 2.29 bits per heavy atom. The first-order valence-corrected chi connectivity index (χ1v) is 8.38. The van der Waals surface area contributed by atoms with E-state index in [-0.39, 0.29) is 11.5 Å². The van der Waals surface area contributed by atoms with Crippen LogP contribution in [0.5, 0.6) is 0 Å². The number of fused-ring (bicyclic) bond motifs is 1. The summed E-state index contributed by atoms with van der Waals surface area (Å²) in [6, 6.07) is 6.89. The number of nitriles is 1. The van der Waals surface area contributed by atoms with E-state index in [0.717, 1.165) is 16.0 Å². The Morgan fingerprint density at radius 3 is 2.95 bits per heavy atom. The fourth-order valence-corrected chi connectivity index (χ4v) is 4.52. The van der Waals surface area contributed by atoms with Crippen molar-refractivity contribution < 1.29 is 13.2 Å². The maximum Gasteiger partial charge on any atom is 0.246 e. The molecule has 0 unspecified atom stereocenters. The monoisotopic (exact) mass is 324 g/mol. The lowest BCUT2D eigenvalue weighted by Gasteiger charge is -2.30. The summed E-state index contributed by atoms with van der Waals surface area (Å²) < 4.78 is 40.1. The lowest BCUT2D eigenvalue weighted by atomic mass is 10.0.